The zero-order chi connectivity index (χ0) is 29.1. The minimum atomic E-state index is -4.38. The number of thiol groups is 1. The number of ether oxygens (including phenoxy) is 1. The van der Waals surface area contributed by atoms with Gasteiger partial charge in [0.25, 0.3) is 11.8 Å². The molecule has 0 spiro atoms. The van der Waals surface area contributed by atoms with Gasteiger partial charge in [-0.15, -0.1) is 0 Å². The van der Waals surface area contributed by atoms with Gasteiger partial charge in [-0.3, -0.25) is 39.3 Å². The fraction of sp³-hybridized carbons (Fsp3) is 0.556. The van der Waals surface area contributed by atoms with E-state index in [0.717, 1.165) is 17.6 Å². The lowest BCUT2D eigenvalue weighted by molar-refractivity contribution is -0.120. The number of nitrogens with zero attached hydrogens (tertiary/aromatic N) is 7. The number of guanidine groups is 1. The van der Waals surface area contributed by atoms with Crippen molar-refractivity contribution in [2.75, 3.05) is 26.4 Å². The van der Waals surface area contributed by atoms with Crippen LogP contribution in [0.1, 0.15) is 0 Å². The summed E-state index contributed by atoms with van der Waals surface area (Å²) in [7, 11) is 0. The van der Waals surface area contributed by atoms with E-state index in [-0.39, 0.29) is 30.7 Å². The molecule has 6 heterocycles. The maximum absolute atomic E-state index is 15.8. The molecular weight excluding hydrogens is 631 g/mol. The summed E-state index contributed by atoms with van der Waals surface area (Å²) in [6.45, 7) is -9.67. The number of aliphatic imine (C=N–C) groups is 5. The molecule has 0 aliphatic carbocycles. The van der Waals surface area contributed by atoms with E-state index in [9.17, 15) is 19.0 Å². The first-order valence-corrected chi connectivity index (χ1v) is 17.1. The van der Waals surface area contributed by atoms with Gasteiger partial charge < -0.3 is 23.6 Å². The molecule has 6 rings (SSSR count). The first-order valence-electron chi connectivity index (χ1n) is 11.8. The van der Waals surface area contributed by atoms with Crippen molar-refractivity contribution in [1.29, 1.82) is 5.41 Å². The number of halogens is 1. The van der Waals surface area contributed by atoms with Crippen molar-refractivity contribution in [2.24, 2.45) is 25.0 Å². The Bertz CT molecular complexity index is 1460. The molecule has 3 N–H and O–H groups in total. The van der Waals surface area contributed by atoms with Crippen LogP contribution in [0.25, 0.3) is 0 Å². The molecule has 2 amide bonds. The van der Waals surface area contributed by atoms with Gasteiger partial charge in [0.05, 0.1) is 19.6 Å². The number of amides is 2. The summed E-state index contributed by atoms with van der Waals surface area (Å²) in [5.41, 5.74) is 0. The lowest BCUT2D eigenvalue weighted by Crippen LogP contribution is -2.53. The van der Waals surface area contributed by atoms with Crippen molar-refractivity contribution in [1.82, 2.24) is 15.1 Å². The predicted molar refractivity (Wildman–Crippen MR) is 146 cm³/mol. The normalized spacial score (nSPS) is 41.0. The molecule has 0 aromatic heterocycles. The van der Waals surface area contributed by atoms with Gasteiger partial charge in [0.1, 0.15) is 36.8 Å². The third-order valence-corrected chi connectivity index (χ3v) is 9.62. The molecule has 41 heavy (non-hydrogen) atoms. The Morgan fingerprint density at radius 2 is 2.05 bits per heavy atom. The van der Waals surface area contributed by atoms with E-state index in [0.29, 0.717) is 0 Å². The Labute approximate surface area is 240 Å². The second kappa shape index (κ2) is 10.7. The molecule has 220 valence electrons. The summed E-state index contributed by atoms with van der Waals surface area (Å²) >= 11 is 9.06. The second-order valence-electron chi connectivity index (χ2n) is 8.97. The Balaban J connectivity index is 1.30. The largest absolute Gasteiger partial charge is 0.387 e. The summed E-state index contributed by atoms with van der Waals surface area (Å²) < 4.78 is 56.6. The van der Waals surface area contributed by atoms with Crippen molar-refractivity contribution >= 4 is 85.5 Å². The lowest BCUT2D eigenvalue weighted by Gasteiger charge is -2.31. The molecule has 2 fully saturated rings. The van der Waals surface area contributed by atoms with Crippen LogP contribution in [0.2, 0.25) is 0 Å². The zero-order valence-corrected chi connectivity index (χ0v) is 23.9. The molecule has 23 heteroatoms. The van der Waals surface area contributed by atoms with E-state index >= 15 is 4.39 Å². The first-order chi connectivity index (χ1) is 19.4. The highest BCUT2D eigenvalue weighted by Crippen LogP contribution is 2.56. The van der Waals surface area contributed by atoms with Crippen LogP contribution in [0.4, 0.5) is 4.39 Å². The van der Waals surface area contributed by atoms with Gasteiger partial charge >= 0.3 is 13.5 Å². The SMILES string of the molecule is N=C1N=C2C(N=CN2[C@@H]2O[C@@H]3COP(O)(=S)OCCN4C(=NC5C(=O)N=CN=C54)COP(=O)(S)O[C@@H]2[C@H]3F)C(=O)N1. The smallest absolute Gasteiger partial charge is 0.346 e. The van der Waals surface area contributed by atoms with Crippen LogP contribution in [-0.4, -0.2) is 126 Å². The Hall–Kier alpha value is -2.32. The zero-order valence-electron chi connectivity index (χ0n) is 20.4. The summed E-state index contributed by atoms with van der Waals surface area (Å²) in [4.78, 5) is 57.6. The number of hydrogen-bond donors (Lipinski definition) is 4. The van der Waals surface area contributed by atoms with Crippen molar-refractivity contribution in [3.63, 3.8) is 0 Å². The molecule has 0 saturated carbocycles. The molecule has 2 bridgehead atoms. The Kier molecular flexibility index (Phi) is 7.55. The Morgan fingerprint density at radius 1 is 1.24 bits per heavy atom. The van der Waals surface area contributed by atoms with E-state index in [1.54, 1.807) is 0 Å². The molecule has 0 radical (unpaired) electrons. The molecule has 18 nitrogen and oxygen atoms in total. The fourth-order valence-corrected chi connectivity index (χ4v) is 7.11. The molecule has 8 atom stereocenters. The van der Waals surface area contributed by atoms with Crippen LogP contribution in [0.5, 0.6) is 0 Å². The molecule has 2 saturated heterocycles. The van der Waals surface area contributed by atoms with E-state index in [1.807, 2.05) is 0 Å². The van der Waals surface area contributed by atoms with Crippen LogP contribution >= 0.6 is 25.8 Å². The highest BCUT2D eigenvalue weighted by atomic mass is 32.7. The number of hydrogen-bond acceptors (Lipinski definition) is 15. The quantitative estimate of drug-likeness (QED) is 0.198. The highest BCUT2D eigenvalue weighted by Gasteiger charge is 2.54. The van der Waals surface area contributed by atoms with Crippen LogP contribution in [-0.2, 0) is 48.8 Å². The van der Waals surface area contributed by atoms with E-state index < -0.39 is 81.2 Å². The second-order valence-corrected chi connectivity index (χ2v) is 14.7. The number of carbonyl (C=O) groups is 2. The molecule has 6 aliphatic heterocycles. The topological polar surface area (TPSA) is 222 Å². The van der Waals surface area contributed by atoms with E-state index in [4.69, 9.17) is 40.0 Å². The maximum atomic E-state index is 15.8. The van der Waals surface area contributed by atoms with Gasteiger partial charge in [-0.25, -0.2) is 18.9 Å². The van der Waals surface area contributed by atoms with Crippen molar-refractivity contribution in [3.8, 4) is 0 Å². The van der Waals surface area contributed by atoms with E-state index in [2.05, 4.69) is 42.5 Å². The number of nitrogens with one attached hydrogen (secondary N) is 2. The first kappa shape index (κ1) is 28.8. The minimum Gasteiger partial charge on any atom is -0.346 e. The van der Waals surface area contributed by atoms with E-state index in [1.165, 1.54) is 4.90 Å². The summed E-state index contributed by atoms with van der Waals surface area (Å²) in [5.74, 6) is -1.49. The number of fused-ring (bicyclic) bond motifs is 6. The van der Waals surface area contributed by atoms with Gasteiger partial charge in [0, 0.05) is 6.54 Å². The highest BCUT2D eigenvalue weighted by molar-refractivity contribution is 8.44. The van der Waals surface area contributed by atoms with Crippen molar-refractivity contribution < 1.29 is 46.3 Å². The Morgan fingerprint density at radius 3 is 2.85 bits per heavy atom. The lowest BCUT2D eigenvalue weighted by atomic mass is 10.1. The van der Waals surface area contributed by atoms with Crippen molar-refractivity contribution in [2.45, 2.75) is 36.7 Å². The fourth-order valence-electron chi connectivity index (χ4n) is 4.61. The van der Waals surface area contributed by atoms with Crippen LogP contribution in [0.3, 0.4) is 0 Å². The van der Waals surface area contributed by atoms with Crippen LogP contribution in [0, 0.1) is 5.41 Å². The van der Waals surface area contributed by atoms with Gasteiger partial charge in [-0.2, -0.15) is 9.98 Å². The average molecular weight is 651 g/mol. The summed E-state index contributed by atoms with van der Waals surface area (Å²) in [6.07, 6.45) is -4.41. The number of amidine groups is 3. The molecule has 6 aliphatic rings. The number of carbonyl (C=O) groups excluding carboxylic acids is 2. The summed E-state index contributed by atoms with van der Waals surface area (Å²) in [5, 5.41) is 9.96. The molecule has 0 aromatic rings. The molecular formula is C18H20FN9O9P2S2. The van der Waals surface area contributed by atoms with Crippen LogP contribution in [0.15, 0.2) is 25.0 Å². The van der Waals surface area contributed by atoms with Gasteiger partial charge in [0.2, 0.25) is 5.96 Å². The van der Waals surface area contributed by atoms with Crippen molar-refractivity contribution in [3.05, 3.63) is 0 Å². The van der Waals surface area contributed by atoms with Gasteiger partial charge in [-0.1, -0.05) is 12.2 Å². The van der Waals surface area contributed by atoms with Crippen LogP contribution < -0.4 is 5.32 Å². The predicted octanol–water partition coefficient (Wildman–Crippen LogP) is -1.02. The number of rotatable bonds is 1. The molecule has 4 unspecified atom stereocenters. The van der Waals surface area contributed by atoms with Gasteiger partial charge in [0.15, 0.2) is 30.3 Å². The molecule has 0 aromatic carbocycles. The maximum Gasteiger partial charge on any atom is 0.387 e. The van der Waals surface area contributed by atoms with Gasteiger partial charge in [-0.05, 0) is 11.8 Å². The summed E-state index contributed by atoms with van der Waals surface area (Å²) in [6, 6.07) is -2.22. The standard InChI is InChI=1S/C18H20FN9O9P2S2/c19-9-7-3-34-38(31,40)33-2-1-27-8(24-11-13(27)21-5-22-15(11)29)4-35-39(32,41)37-12(9)17(36-7)28-6-23-10-14(28)25-18(20)26-16(10)30/h5-7,9-12,17H,1-4H2,(H,31,40)(H,32,41)(H2,20,26,30)/t7-,9+,10?,11?,12-,17-,38?,39?/m1/s1. The third kappa shape index (κ3) is 5.58. The minimum absolute atomic E-state index is 0.0186. The number of alkyl halides is 1. The third-order valence-electron chi connectivity index (χ3n) is 6.41. The average Bonchev–Trinajstić information content (AvgIpc) is 3.56. The monoisotopic (exact) mass is 651 g/mol.